The lowest BCUT2D eigenvalue weighted by molar-refractivity contribution is 0.556. The van der Waals surface area contributed by atoms with E-state index < -0.39 is 0 Å². The van der Waals surface area contributed by atoms with E-state index in [2.05, 4.69) is 61.5 Å². The van der Waals surface area contributed by atoms with E-state index in [9.17, 15) is 0 Å². The van der Waals surface area contributed by atoms with Gasteiger partial charge in [-0.05, 0) is 50.7 Å². The fourth-order valence-corrected chi connectivity index (χ4v) is 4.85. The maximum atomic E-state index is 2.46. The number of benzene rings is 4. The van der Waals surface area contributed by atoms with Gasteiger partial charge >= 0.3 is 0 Å². The van der Waals surface area contributed by atoms with Gasteiger partial charge in [-0.2, -0.15) is 0 Å². The van der Waals surface area contributed by atoms with Crippen LogP contribution in [0.3, 0.4) is 0 Å². The normalized spacial score (nSPS) is 11.9. The molecule has 0 aliphatic rings. The summed E-state index contributed by atoms with van der Waals surface area (Å²) in [6, 6.07) is 20.6. The lowest BCUT2D eigenvalue weighted by Gasteiger charge is -2.14. The Balaban J connectivity index is 1.38. The number of hydrogen-bond acceptors (Lipinski definition) is 0. The molecule has 0 N–H and O–H groups in total. The Morgan fingerprint density at radius 2 is 1.11 bits per heavy atom. The summed E-state index contributed by atoms with van der Waals surface area (Å²) in [5, 5.41) is 8.54. The molecule has 4 aromatic rings. The van der Waals surface area contributed by atoms with E-state index in [1.807, 2.05) is 0 Å². The van der Waals surface area contributed by atoms with Gasteiger partial charge in [-0.25, -0.2) is 0 Å². The number of aryl methyl sites for hydroxylation is 1. The van der Waals surface area contributed by atoms with Gasteiger partial charge in [0.15, 0.2) is 0 Å². The van der Waals surface area contributed by atoms with E-state index in [0.29, 0.717) is 0 Å². The van der Waals surface area contributed by atoms with Gasteiger partial charge in [0.05, 0.1) is 0 Å². The van der Waals surface area contributed by atoms with Gasteiger partial charge in [0, 0.05) is 0 Å². The third kappa shape index (κ3) is 4.17. The van der Waals surface area contributed by atoms with Crippen LogP contribution in [0.2, 0.25) is 0 Å². The topological polar surface area (TPSA) is 0 Å². The Morgan fingerprint density at radius 3 is 1.82 bits per heavy atom. The van der Waals surface area contributed by atoms with E-state index in [1.54, 1.807) is 0 Å². The third-order valence-corrected chi connectivity index (χ3v) is 6.39. The molecule has 0 spiro atoms. The average molecular weight is 371 g/mol. The van der Waals surface area contributed by atoms with Crippen LogP contribution in [-0.2, 0) is 6.42 Å². The molecule has 0 unspecified atom stereocenters. The smallest absolute Gasteiger partial charge is 0.00240 e. The fraction of sp³-hybridized carbons (Fsp3) is 0.429. The molecule has 146 valence electrons. The van der Waals surface area contributed by atoms with Crippen molar-refractivity contribution in [3.05, 3.63) is 60.2 Å². The maximum Gasteiger partial charge on any atom is -0.00240 e. The van der Waals surface area contributed by atoms with Gasteiger partial charge in [0.1, 0.15) is 0 Å². The zero-order chi connectivity index (χ0) is 19.2. The summed E-state index contributed by atoms with van der Waals surface area (Å²) >= 11 is 0. The molecule has 4 rings (SSSR count). The van der Waals surface area contributed by atoms with Crippen LogP contribution in [0.25, 0.3) is 32.3 Å². The first-order chi connectivity index (χ1) is 13.9. The molecule has 0 aliphatic heterocycles. The molecular weight excluding hydrogens is 336 g/mol. The molecule has 0 bridgehead atoms. The Kier molecular flexibility index (Phi) is 6.47. The second-order valence-electron chi connectivity index (χ2n) is 8.52. The predicted molar refractivity (Wildman–Crippen MR) is 126 cm³/mol. The first-order valence-electron chi connectivity index (χ1n) is 11.5. The minimum Gasteiger partial charge on any atom is -0.0654 e. The number of unbranched alkanes of at least 4 members (excludes halogenated alkanes) is 9. The minimum absolute atomic E-state index is 1.21. The molecule has 0 saturated heterocycles. The van der Waals surface area contributed by atoms with Crippen LogP contribution in [0.15, 0.2) is 54.6 Å². The second kappa shape index (κ2) is 9.41. The van der Waals surface area contributed by atoms with Gasteiger partial charge in [-0.1, -0.05) is 119 Å². The van der Waals surface area contributed by atoms with Crippen LogP contribution in [0.5, 0.6) is 0 Å². The first kappa shape index (κ1) is 19.2. The largest absolute Gasteiger partial charge is 0.0654 e. The maximum absolute atomic E-state index is 2.46. The standard InChI is InChI=1S/C28H34/c1-2-3-4-5-6-7-8-9-10-11-14-24-21-25-17-12-15-22-19-20-23-16-13-18-26(24)28(23)27(22)25/h12-13,15-21H,2-11,14H2,1H3. The molecular formula is C28H34. The van der Waals surface area contributed by atoms with E-state index in [4.69, 9.17) is 0 Å². The molecule has 0 heteroatoms. The minimum atomic E-state index is 1.21. The van der Waals surface area contributed by atoms with Gasteiger partial charge in [0.25, 0.3) is 0 Å². The summed E-state index contributed by atoms with van der Waals surface area (Å²) in [6.45, 7) is 2.29. The van der Waals surface area contributed by atoms with Crippen molar-refractivity contribution in [2.24, 2.45) is 0 Å². The molecule has 0 aliphatic carbocycles. The molecule has 4 aromatic carbocycles. The molecule has 0 radical (unpaired) electrons. The van der Waals surface area contributed by atoms with Crippen molar-refractivity contribution in [1.29, 1.82) is 0 Å². The summed E-state index contributed by atoms with van der Waals surface area (Å²) in [7, 11) is 0. The van der Waals surface area contributed by atoms with Gasteiger partial charge < -0.3 is 0 Å². The molecule has 0 heterocycles. The molecule has 0 atom stereocenters. The van der Waals surface area contributed by atoms with Crippen LogP contribution in [-0.4, -0.2) is 0 Å². The lowest BCUT2D eigenvalue weighted by atomic mass is 9.89. The van der Waals surface area contributed by atoms with Crippen molar-refractivity contribution in [3.8, 4) is 0 Å². The van der Waals surface area contributed by atoms with Gasteiger partial charge in [0.2, 0.25) is 0 Å². The zero-order valence-electron chi connectivity index (χ0n) is 17.5. The van der Waals surface area contributed by atoms with Crippen molar-refractivity contribution >= 4 is 32.3 Å². The summed E-state index contributed by atoms with van der Waals surface area (Å²) in [6.07, 6.45) is 15.2. The van der Waals surface area contributed by atoms with Gasteiger partial charge in [-0.3, -0.25) is 0 Å². The molecule has 28 heavy (non-hydrogen) atoms. The van der Waals surface area contributed by atoms with Crippen molar-refractivity contribution in [1.82, 2.24) is 0 Å². The average Bonchev–Trinajstić information content (AvgIpc) is 2.73. The first-order valence-corrected chi connectivity index (χ1v) is 11.5. The van der Waals surface area contributed by atoms with Crippen molar-refractivity contribution in [3.63, 3.8) is 0 Å². The van der Waals surface area contributed by atoms with Crippen LogP contribution in [0.1, 0.15) is 76.7 Å². The van der Waals surface area contributed by atoms with Crippen molar-refractivity contribution < 1.29 is 0 Å². The van der Waals surface area contributed by atoms with E-state index in [-0.39, 0.29) is 0 Å². The predicted octanol–water partition coefficient (Wildman–Crippen LogP) is 9.05. The summed E-state index contributed by atoms with van der Waals surface area (Å²) in [4.78, 5) is 0. The van der Waals surface area contributed by atoms with Crippen LogP contribution in [0.4, 0.5) is 0 Å². The highest BCUT2D eigenvalue weighted by molar-refractivity contribution is 6.23. The highest BCUT2D eigenvalue weighted by Gasteiger charge is 2.11. The van der Waals surface area contributed by atoms with Crippen molar-refractivity contribution in [2.75, 3.05) is 0 Å². The highest BCUT2D eigenvalue weighted by atomic mass is 14.1. The molecule has 0 aromatic heterocycles. The van der Waals surface area contributed by atoms with Crippen molar-refractivity contribution in [2.45, 2.75) is 77.6 Å². The Morgan fingerprint density at radius 1 is 0.536 bits per heavy atom. The Bertz CT molecular complexity index is 1010. The second-order valence-corrected chi connectivity index (χ2v) is 8.52. The number of hydrogen-bond donors (Lipinski definition) is 0. The Hall–Kier alpha value is -2.08. The molecule has 0 saturated carbocycles. The molecule has 0 nitrogen and oxygen atoms in total. The van der Waals surface area contributed by atoms with Gasteiger partial charge in [-0.15, -0.1) is 0 Å². The zero-order valence-corrected chi connectivity index (χ0v) is 17.5. The van der Waals surface area contributed by atoms with Crippen LogP contribution >= 0.6 is 0 Å². The lowest BCUT2D eigenvalue weighted by Crippen LogP contribution is -1.92. The quantitative estimate of drug-likeness (QED) is 0.182. The van der Waals surface area contributed by atoms with E-state index in [0.717, 1.165) is 0 Å². The highest BCUT2D eigenvalue weighted by Crippen LogP contribution is 2.36. The van der Waals surface area contributed by atoms with Crippen LogP contribution < -0.4 is 0 Å². The fourth-order valence-electron chi connectivity index (χ4n) is 4.85. The van der Waals surface area contributed by atoms with E-state index >= 15 is 0 Å². The Labute approximate surface area is 170 Å². The molecule has 0 fully saturated rings. The summed E-state index contributed by atoms with van der Waals surface area (Å²) < 4.78 is 0. The monoisotopic (exact) mass is 370 g/mol. The number of rotatable bonds is 11. The summed E-state index contributed by atoms with van der Waals surface area (Å²) in [5.41, 5.74) is 1.54. The third-order valence-electron chi connectivity index (χ3n) is 6.39. The molecule has 0 amide bonds. The SMILES string of the molecule is CCCCCCCCCCCCc1cc2cccc3ccc4cccc1c4c32. The van der Waals surface area contributed by atoms with E-state index in [1.165, 1.54) is 109 Å². The summed E-state index contributed by atoms with van der Waals surface area (Å²) in [5.74, 6) is 0. The van der Waals surface area contributed by atoms with Crippen LogP contribution in [0, 0.1) is 0 Å².